The summed E-state index contributed by atoms with van der Waals surface area (Å²) in [6.07, 6.45) is 0. The van der Waals surface area contributed by atoms with Crippen molar-refractivity contribution >= 4 is 39.2 Å². The highest BCUT2D eigenvalue weighted by Gasteiger charge is 2.15. The Hall–Kier alpha value is -1.25. The van der Waals surface area contributed by atoms with Crippen molar-refractivity contribution in [2.45, 2.75) is 0 Å². The number of fused-ring (bicyclic) bond motifs is 1. The van der Waals surface area contributed by atoms with Crippen LogP contribution in [0.3, 0.4) is 0 Å². The Balaban J connectivity index is 2.90. The van der Waals surface area contributed by atoms with Gasteiger partial charge in [0.25, 0.3) is 5.24 Å². The smallest absolute Gasteiger partial charge is 0.256 e. The first-order valence-electron chi connectivity index (χ1n) is 4.60. The third kappa shape index (κ3) is 1.75. The molecule has 0 atom stereocenters. The van der Waals surface area contributed by atoms with Gasteiger partial charge in [-0.2, -0.15) is 0 Å². The van der Waals surface area contributed by atoms with E-state index >= 15 is 0 Å². The quantitative estimate of drug-likeness (QED) is 0.761. The van der Waals surface area contributed by atoms with Crippen molar-refractivity contribution in [1.29, 1.82) is 0 Å². The second-order valence-electron chi connectivity index (χ2n) is 3.26. The SMILES string of the molecule is COc1c(C(=O)Cl)cc(Cl)c2ccccc12. The minimum Gasteiger partial charge on any atom is -0.495 e. The lowest BCUT2D eigenvalue weighted by molar-refractivity contribution is 0.107. The van der Waals surface area contributed by atoms with Crippen molar-refractivity contribution in [3.05, 3.63) is 40.9 Å². The summed E-state index contributed by atoms with van der Waals surface area (Å²) < 4.78 is 5.21. The van der Waals surface area contributed by atoms with Crippen LogP contribution in [0, 0.1) is 0 Å². The minimum absolute atomic E-state index is 0.285. The molecular weight excluding hydrogens is 247 g/mol. The van der Waals surface area contributed by atoms with Gasteiger partial charge in [0.2, 0.25) is 0 Å². The Morgan fingerprint density at radius 1 is 1.25 bits per heavy atom. The van der Waals surface area contributed by atoms with Gasteiger partial charge in [0.1, 0.15) is 5.75 Å². The predicted molar refractivity (Wildman–Crippen MR) is 65.7 cm³/mol. The Morgan fingerprint density at radius 3 is 2.44 bits per heavy atom. The van der Waals surface area contributed by atoms with Crippen molar-refractivity contribution < 1.29 is 9.53 Å². The van der Waals surface area contributed by atoms with Crippen molar-refractivity contribution in [1.82, 2.24) is 0 Å². The van der Waals surface area contributed by atoms with Gasteiger partial charge in [-0.25, -0.2) is 0 Å². The van der Waals surface area contributed by atoms with Crippen molar-refractivity contribution in [3.63, 3.8) is 0 Å². The van der Waals surface area contributed by atoms with E-state index in [0.717, 1.165) is 10.8 Å². The van der Waals surface area contributed by atoms with E-state index in [4.69, 9.17) is 27.9 Å². The van der Waals surface area contributed by atoms with Gasteiger partial charge < -0.3 is 4.74 Å². The fourth-order valence-corrected chi connectivity index (χ4v) is 2.08. The largest absolute Gasteiger partial charge is 0.495 e. The Bertz CT molecular complexity index is 564. The summed E-state index contributed by atoms with van der Waals surface area (Å²) in [5.74, 6) is 0.458. The standard InChI is InChI=1S/C12H8Cl2O2/c1-16-11-8-5-3-2-4-7(8)10(13)6-9(11)12(14)15/h2-6H,1H3. The molecule has 2 aromatic carbocycles. The van der Waals surface area contributed by atoms with Gasteiger partial charge in [-0.3, -0.25) is 4.79 Å². The first kappa shape index (κ1) is 11.2. The van der Waals surface area contributed by atoms with Crippen LogP contribution in [0.2, 0.25) is 5.02 Å². The number of benzene rings is 2. The maximum atomic E-state index is 11.2. The van der Waals surface area contributed by atoms with Crippen LogP contribution in [0.15, 0.2) is 30.3 Å². The second-order valence-corrected chi connectivity index (χ2v) is 4.01. The zero-order valence-corrected chi connectivity index (χ0v) is 9.97. The minimum atomic E-state index is -0.579. The van der Waals surface area contributed by atoms with Crippen LogP contribution in [0.5, 0.6) is 5.75 Å². The first-order valence-corrected chi connectivity index (χ1v) is 5.36. The molecule has 0 aliphatic carbocycles. The normalized spacial score (nSPS) is 10.4. The van der Waals surface area contributed by atoms with E-state index in [1.807, 2.05) is 24.3 Å². The van der Waals surface area contributed by atoms with Gasteiger partial charge in [0.05, 0.1) is 12.7 Å². The topological polar surface area (TPSA) is 26.3 Å². The number of hydrogen-bond donors (Lipinski definition) is 0. The number of methoxy groups -OCH3 is 1. The lowest BCUT2D eigenvalue weighted by Gasteiger charge is -2.10. The molecule has 0 aliphatic heterocycles. The number of carbonyl (C=O) groups is 1. The van der Waals surface area contributed by atoms with E-state index in [2.05, 4.69) is 0 Å². The summed E-state index contributed by atoms with van der Waals surface area (Å²) in [6, 6.07) is 8.95. The van der Waals surface area contributed by atoms with Gasteiger partial charge in [-0.15, -0.1) is 0 Å². The molecule has 0 aliphatic rings. The molecule has 16 heavy (non-hydrogen) atoms. The molecular formula is C12H8Cl2O2. The molecule has 0 fully saturated rings. The Morgan fingerprint density at radius 2 is 1.88 bits per heavy atom. The van der Waals surface area contributed by atoms with Gasteiger partial charge in [-0.05, 0) is 17.7 Å². The van der Waals surface area contributed by atoms with Gasteiger partial charge >= 0.3 is 0 Å². The summed E-state index contributed by atoms with van der Waals surface area (Å²) in [7, 11) is 1.50. The van der Waals surface area contributed by atoms with Crippen LogP contribution in [0.4, 0.5) is 0 Å². The lowest BCUT2D eigenvalue weighted by atomic mass is 10.1. The van der Waals surface area contributed by atoms with Crippen LogP contribution >= 0.6 is 23.2 Å². The fraction of sp³-hybridized carbons (Fsp3) is 0.0833. The molecule has 0 heterocycles. The van der Waals surface area contributed by atoms with Crippen LogP contribution in [-0.4, -0.2) is 12.4 Å². The summed E-state index contributed by atoms with van der Waals surface area (Å²) in [5, 5.41) is 1.52. The zero-order chi connectivity index (χ0) is 11.7. The number of rotatable bonds is 2. The molecule has 0 saturated heterocycles. The number of hydrogen-bond acceptors (Lipinski definition) is 2. The van der Waals surface area contributed by atoms with Crippen molar-refractivity contribution in [2.24, 2.45) is 0 Å². The average molecular weight is 255 g/mol. The van der Waals surface area contributed by atoms with E-state index in [0.29, 0.717) is 10.8 Å². The maximum absolute atomic E-state index is 11.2. The van der Waals surface area contributed by atoms with Crippen molar-refractivity contribution in [2.75, 3.05) is 7.11 Å². The van der Waals surface area contributed by atoms with E-state index in [1.165, 1.54) is 13.2 Å². The molecule has 0 spiro atoms. The van der Waals surface area contributed by atoms with E-state index < -0.39 is 5.24 Å². The van der Waals surface area contributed by atoms with E-state index in [9.17, 15) is 4.79 Å². The number of ether oxygens (including phenoxy) is 1. The number of carbonyl (C=O) groups excluding carboxylic acids is 1. The van der Waals surface area contributed by atoms with Gasteiger partial charge in [0.15, 0.2) is 0 Å². The molecule has 2 rings (SSSR count). The third-order valence-corrected chi connectivity index (χ3v) is 2.88. The van der Waals surface area contributed by atoms with Gasteiger partial charge in [0, 0.05) is 15.8 Å². The molecule has 2 aromatic rings. The lowest BCUT2D eigenvalue weighted by Crippen LogP contribution is -1.96. The van der Waals surface area contributed by atoms with E-state index in [-0.39, 0.29) is 5.56 Å². The molecule has 2 nitrogen and oxygen atoms in total. The monoisotopic (exact) mass is 254 g/mol. The number of halogens is 2. The maximum Gasteiger partial charge on any atom is 0.256 e. The van der Waals surface area contributed by atoms with Crippen molar-refractivity contribution in [3.8, 4) is 5.75 Å². The van der Waals surface area contributed by atoms with Crippen LogP contribution in [0.25, 0.3) is 10.8 Å². The molecule has 0 unspecified atom stereocenters. The van der Waals surface area contributed by atoms with Crippen LogP contribution < -0.4 is 4.74 Å². The van der Waals surface area contributed by atoms with E-state index in [1.54, 1.807) is 0 Å². The molecule has 0 saturated carbocycles. The molecule has 0 amide bonds. The highest BCUT2D eigenvalue weighted by Crippen LogP contribution is 2.35. The molecule has 4 heteroatoms. The predicted octanol–water partition coefficient (Wildman–Crippen LogP) is 3.88. The Labute approximate surface area is 103 Å². The summed E-state index contributed by atoms with van der Waals surface area (Å²) in [6.45, 7) is 0. The average Bonchev–Trinajstić information content (AvgIpc) is 2.29. The highest BCUT2D eigenvalue weighted by atomic mass is 35.5. The molecule has 0 aromatic heterocycles. The third-order valence-electron chi connectivity index (χ3n) is 2.36. The van der Waals surface area contributed by atoms with Gasteiger partial charge in [-0.1, -0.05) is 35.9 Å². The molecule has 0 N–H and O–H groups in total. The molecule has 0 bridgehead atoms. The zero-order valence-electron chi connectivity index (χ0n) is 8.46. The second kappa shape index (κ2) is 4.32. The fourth-order valence-electron chi connectivity index (χ4n) is 1.67. The van der Waals surface area contributed by atoms with Crippen LogP contribution in [-0.2, 0) is 0 Å². The van der Waals surface area contributed by atoms with Crippen LogP contribution in [0.1, 0.15) is 10.4 Å². The summed E-state index contributed by atoms with van der Waals surface area (Å²) in [5.41, 5.74) is 0.285. The first-order chi connectivity index (χ1) is 7.65. The molecule has 0 radical (unpaired) electrons. The summed E-state index contributed by atoms with van der Waals surface area (Å²) >= 11 is 11.6. The highest BCUT2D eigenvalue weighted by molar-refractivity contribution is 6.68. The Kier molecular flexibility index (Phi) is 3.03. The molecule has 82 valence electrons. The summed E-state index contributed by atoms with van der Waals surface area (Å²) in [4.78, 5) is 11.2.